The Morgan fingerprint density at radius 2 is 1.74 bits per heavy atom. The molecule has 4 nitrogen and oxygen atoms in total. The summed E-state index contributed by atoms with van der Waals surface area (Å²) in [5, 5.41) is 3.01. The molecule has 0 saturated carbocycles. The zero-order valence-corrected chi connectivity index (χ0v) is 16.7. The van der Waals surface area contributed by atoms with Gasteiger partial charge in [0, 0.05) is 45.0 Å². The molecule has 3 rings (SSSR count). The minimum Gasteiger partial charge on any atom is -0.378 e. The quantitative estimate of drug-likeness (QED) is 0.843. The highest BCUT2D eigenvalue weighted by Gasteiger charge is 2.16. The Balaban J connectivity index is 1.51. The van der Waals surface area contributed by atoms with Gasteiger partial charge in [-0.3, -0.25) is 9.69 Å². The second-order valence-corrected chi connectivity index (χ2v) is 7.92. The molecule has 1 aliphatic heterocycles. The number of carbonyl (C=O) groups excluding carboxylic acids is 1. The number of amides is 1. The van der Waals surface area contributed by atoms with Crippen molar-refractivity contribution >= 4 is 11.6 Å². The highest BCUT2D eigenvalue weighted by Crippen LogP contribution is 2.18. The number of carbonyl (C=O) groups is 1. The van der Waals surface area contributed by atoms with Gasteiger partial charge in [0.15, 0.2) is 0 Å². The molecule has 1 heterocycles. The molecule has 144 valence electrons. The molecular weight excluding hydrogens is 334 g/mol. The van der Waals surface area contributed by atoms with Crippen molar-refractivity contribution < 1.29 is 4.79 Å². The maximum absolute atomic E-state index is 12.4. The number of piperidine rings is 1. The molecule has 1 amide bonds. The number of hydrogen-bond donors (Lipinski definition) is 1. The predicted octanol–water partition coefficient (Wildman–Crippen LogP) is 3.91. The van der Waals surface area contributed by atoms with Crippen molar-refractivity contribution in [1.29, 1.82) is 0 Å². The van der Waals surface area contributed by atoms with Crippen LogP contribution in [0, 0.1) is 5.92 Å². The van der Waals surface area contributed by atoms with E-state index in [2.05, 4.69) is 58.4 Å². The van der Waals surface area contributed by atoms with Crippen molar-refractivity contribution in [2.24, 2.45) is 5.92 Å². The Morgan fingerprint density at radius 3 is 2.37 bits per heavy atom. The van der Waals surface area contributed by atoms with E-state index < -0.39 is 0 Å². The lowest BCUT2D eigenvalue weighted by atomic mass is 9.99. The summed E-state index contributed by atoms with van der Waals surface area (Å²) in [6.07, 6.45) is 2.63. The smallest absolute Gasteiger partial charge is 0.251 e. The largest absolute Gasteiger partial charge is 0.378 e. The molecule has 1 aliphatic rings. The van der Waals surface area contributed by atoms with E-state index >= 15 is 0 Å². The van der Waals surface area contributed by atoms with E-state index in [0.29, 0.717) is 6.54 Å². The van der Waals surface area contributed by atoms with Crippen LogP contribution < -0.4 is 10.2 Å². The summed E-state index contributed by atoms with van der Waals surface area (Å²) in [6.45, 7) is 6.20. The van der Waals surface area contributed by atoms with Crippen molar-refractivity contribution in [3.63, 3.8) is 0 Å². The van der Waals surface area contributed by atoms with Gasteiger partial charge in [0.2, 0.25) is 0 Å². The van der Waals surface area contributed by atoms with Crippen LogP contribution in [-0.2, 0) is 13.1 Å². The number of rotatable bonds is 6. The molecule has 0 spiro atoms. The summed E-state index contributed by atoms with van der Waals surface area (Å²) >= 11 is 0. The van der Waals surface area contributed by atoms with Crippen molar-refractivity contribution in [2.75, 3.05) is 32.1 Å². The van der Waals surface area contributed by atoms with Crippen LogP contribution in [0.5, 0.6) is 0 Å². The fourth-order valence-corrected chi connectivity index (χ4v) is 3.65. The molecule has 1 fully saturated rings. The Hall–Kier alpha value is -2.33. The van der Waals surface area contributed by atoms with Gasteiger partial charge in [-0.15, -0.1) is 0 Å². The summed E-state index contributed by atoms with van der Waals surface area (Å²) in [6, 6.07) is 16.3. The average molecular weight is 366 g/mol. The Kier molecular flexibility index (Phi) is 6.51. The second-order valence-electron chi connectivity index (χ2n) is 7.92. The van der Waals surface area contributed by atoms with E-state index in [4.69, 9.17) is 0 Å². The summed E-state index contributed by atoms with van der Waals surface area (Å²) in [7, 11) is 4.04. The highest BCUT2D eigenvalue weighted by molar-refractivity contribution is 5.94. The number of nitrogens with one attached hydrogen (secondary N) is 1. The van der Waals surface area contributed by atoms with Crippen LogP contribution in [0.1, 0.15) is 41.3 Å². The summed E-state index contributed by atoms with van der Waals surface area (Å²) in [5.41, 5.74) is 4.25. The molecule has 0 aliphatic carbocycles. The molecule has 0 aromatic heterocycles. The molecular formula is C23H31N3O. The van der Waals surface area contributed by atoms with Gasteiger partial charge in [0.05, 0.1) is 0 Å². The van der Waals surface area contributed by atoms with Gasteiger partial charge in [-0.1, -0.05) is 31.2 Å². The molecule has 1 unspecified atom stereocenters. The molecule has 27 heavy (non-hydrogen) atoms. The third-order valence-electron chi connectivity index (χ3n) is 5.27. The van der Waals surface area contributed by atoms with Crippen LogP contribution >= 0.6 is 0 Å². The van der Waals surface area contributed by atoms with Gasteiger partial charge in [-0.05, 0) is 60.7 Å². The first kappa shape index (κ1) is 19.4. The molecule has 1 atom stereocenters. The van der Waals surface area contributed by atoms with Crippen molar-refractivity contribution in [2.45, 2.75) is 32.9 Å². The molecule has 2 aromatic rings. The molecule has 0 radical (unpaired) electrons. The first-order valence-electron chi connectivity index (χ1n) is 9.87. The third-order valence-corrected chi connectivity index (χ3v) is 5.27. The van der Waals surface area contributed by atoms with E-state index in [0.717, 1.165) is 29.3 Å². The zero-order chi connectivity index (χ0) is 19.2. The van der Waals surface area contributed by atoms with Crippen LogP contribution in [0.15, 0.2) is 48.5 Å². The highest BCUT2D eigenvalue weighted by atomic mass is 16.1. The fourth-order valence-electron chi connectivity index (χ4n) is 3.65. The van der Waals surface area contributed by atoms with E-state index in [1.165, 1.54) is 31.5 Å². The minimum absolute atomic E-state index is 0.0233. The number of nitrogens with zero attached hydrogens (tertiary/aromatic N) is 2. The number of benzene rings is 2. The summed E-state index contributed by atoms with van der Waals surface area (Å²) in [5.74, 6) is 0.764. The van der Waals surface area contributed by atoms with Gasteiger partial charge in [0.1, 0.15) is 0 Å². The van der Waals surface area contributed by atoms with E-state index in [9.17, 15) is 4.79 Å². The lowest BCUT2D eigenvalue weighted by Crippen LogP contribution is -2.33. The van der Waals surface area contributed by atoms with Crippen LogP contribution in [0.3, 0.4) is 0 Å². The molecule has 4 heteroatoms. The Labute approximate surface area is 163 Å². The first-order valence-corrected chi connectivity index (χ1v) is 9.87. The van der Waals surface area contributed by atoms with Gasteiger partial charge in [-0.2, -0.15) is 0 Å². The zero-order valence-electron chi connectivity index (χ0n) is 16.7. The van der Waals surface area contributed by atoms with Crippen LogP contribution in [0.2, 0.25) is 0 Å². The number of anilines is 1. The topological polar surface area (TPSA) is 35.6 Å². The predicted molar refractivity (Wildman–Crippen MR) is 112 cm³/mol. The normalized spacial score (nSPS) is 17.5. The van der Waals surface area contributed by atoms with Crippen LogP contribution in [-0.4, -0.2) is 38.0 Å². The van der Waals surface area contributed by atoms with Gasteiger partial charge >= 0.3 is 0 Å². The second kappa shape index (κ2) is 9.05. The summed E-state index contributed by atoms with van der Waals surface area (Å²) < 4.78 is 0. The Morgan fingerprint density at radius 1 is 1.07 bits per heavy atom. The Bertz CT molecular complexity index is 737. The van der Waals surface area contributed by atoms with Gasteiger partial charge in [0.25, 0.3) is 5.91 Å². The molecule has 1 saturated heterocycles. The SMILES string of the molecule is CC1CCCN(Cc2ccc(C(=O)NCc3ccc(N(C)C)cc3)cc2)C1. The monoisotopic (exact) mass is 365 g/mol. The van der Waals surface area contributed by atoms with Crippen molar-refractivity contribution in [1.82, 2.24) is 10.2 Å². The lowest BCUT2D eigenvalue weighted by molar-refractivity contribution is 0.0951. The van der Waals surface area contributed by atoms with Crippen LogP contribution in [0.4, 0.5) is 5.69 Å². The van der Waals surface area contributed by atoms with Crippen molar-refractivity contribution in [3.8, 4) is 0 Å². The molecule has 2 aromatic carbocycles. The maximum Gasteiger partial charge on any atom is 0.251 e. The maximum atomic E-state index is 12.4. The number of hydrogen-bond acceptors (Lipinski definition) is 3. The van der Waals surface area contributed by atoms with E-state index in [-0.39, 0.29) is 5.91 Å². The average Bonchev–Trinajstić information content (AvgIpc) is 2.67. The first-order chi connectivity index (χ1) is 13.0. The minimum atomic E-state index is -0.0233. The standard InChI is InChI=1S/C23H31N3O/c1-18-5-4-14-26(16-18)17-20-6-10-21(11-7-20)23(27)24-15-19-8-12-22(13-9-19)25(2)3/h6-13,18H,4-5,14-17H2,1-3H3,(H,24,27). The summed E-state index contributed by atoms with van der Waals surface area (Å²) in [4.78, 5) is 17.0. The van der Waals surface area contributed by atoms with Crippen LogP contribution in [0.25, 0.3) is 0 Å². The van der Waals surface area contributed by atoms with Gasteiger partial charge < -0.3 is 10.2 Å². The third kappa shape index (κ3) is 5.57. The van der Waals surface area contributed by atoms with E-state index in [1.807, 2.05) is 26.2 Å². The van der Waals surface area contributed by atoms with Crippen molar-refractivity contribution in [3.05, 3.63) is 65.2 Å². The lowest BCUT2D eigenvalue weighted by Gasteiger charge is -2.30. The number of likely N-dealkylation sites (tertiary alicyclic amines) is 1. The van der Waals surface area contributed by atoms with Gasteiger partial charge in [-0.25, -0.2) is 0 Å². The fraction of sp³-hybridized carbons (Fsp3) is 0.435. The van der Waals surface area contributed by atoms with E-state index in [1.54, 1.807) is 0 Å². The molecule has 0 bridgehead atoms. The molecule has 1 N–H and O–H groups in total.